The van der Waals surface area contributed by atoms with Crippen LogP contribution in [0, 0.1) is 24.7 Å². The highest BCUT2D eigenvalue weighted by molar-refractivity contribution is 5.96. The molecule has 1 aromatic carbocycles. The number of benzene rings is 1. The zero-order chi connectivity index (χ0) is 13.8. The van der Waals surface area contributed by atoms with Gasteiger partial charge >= 0.3 is 0 Å². The summed E-state index contributed by atoms with van der Waals surface area (Å²) in [4.78, 5) is 14.2. The minimum absolute atomic E-state index is 0.0528. The van der Waals surface area contributed by atoms with E-state index in [1.807, 2.05) is 32.2 Å². The molecule has 0 atom stereocenters. The lowest BCUT2D eigenvalue weighted by molar-refractivity contribution is 0.0788. The smallest absolute Gasteiger partial charge is 0.253 e. The first-order valence-electron chi connectivity index (χ1n) is 6.58. The van der Waals surface area contributed by atoms with E-state index in [9.17, 15) is 4.79 Å². The Morgan fingerprint density at radius 2 is 2.21 bits per heavy atom. The van der Waals surface area contributed by atoms with E-state index >= 15 is 0 Å². The molecule has 3 nitrogen and oxygen atoms in total. The van der Waals surface area contributed by atoms with Crippen LogP contribution in [-0.4, -0.2) is 36.1 Å². The Labute approximate surface area is 114 Å². The molecule has 3 heteroatoms. The van der Waals surface area contributed by atoms with Crippen molar-refractivity contribution >= 4 is 5.91 Å². The van der Waals surface area contributed by atoms with Crippen LogP contribution in [0.4, 0.5) is 0 Å². The number of amides is 1. The number of carbonyl (C=O) groups excluding carboxylic acids is 1. The van der Waals surface area contributed by atoms with Gasteiger partial charge in [-0.05, 0) is 43.4 Å². The standard InChI is InChI=1S/C16H19NO2/c1-12-14(6-4-10-18)5-3-7-15(12)16(19)17(2)11-13-8-9-13/h3,5,7,13,18H,8-11H2,1-2H3. The first-order valence-corrected chi connectivity index (χ1v) is 6.58. The highest BCUT2D eigenvalue weighted by Crippen LogP contribution is 2.29. The van der Waals surface area contributed by atoms with Crippen LogP contribution in [0.1, 0.15) is 34.3 Å². The molecule has 1 saturated carbocycles. The Hall–Kier alpha value is -1.79. The fourth-order valence-corrected chi connectivity index (χ4v) is 2.11. The summed E-state index contributed by atoms with van der Waals surface area (Å²) in [5.74, 6) is 6.24. The lowest BCUT2D eigenvalue weighted by Crippen LogP contribution is -2.29. The van der Waals surface area contributed by atoms with Crippen molar-refractivity contribution in [1.82, 2.24) is 4.90 Å². The summed E-state index contributed by atoms with van der Waals surface area (Å²) in [6, 6.07) is 5.55. The van der Waals surface area contributed by atoms with Crippen LogP contribution in [-0.2, 0) is 0 Å². The Balaban J connectivity index is 2.20. The van der Waals surface area contributed by atoms with Crippen molar-refractivity contribution in [2.24, 2.45) is 5.92 Å². The van der Waals surface area contributed by atoms with E-state index in [-0.39, 0.29) is 12.5 Å². The van der Waals surface area contributed by atoms with E-state index in [2.05, 4.69) is 11.8 Å². The zero-order valence-corrected chi connectivity index (χ0v) is 11.4. The minimum atomic E-state index is -0.167. The van der Waals surface area contributed by atoms with Crippen molar-refractivity contribution < 1.29 is 9.90 Å². The number of nitrogens with zero attached hydrogens (tertiary/aromatic N) is 1. The van der Waals surface area contributed by atoms with E-state index in [0.717, 1.165) is 17.7 Å². The third-order valence-electron chi connectivity index (χ3n) is 3.44. The molecule has 0 aromatic heterocycles. The van der Waals surface area contributed by atoms with Crippen LogP contribution in [0.2, 0.25) is 0 Å². The second-order valence-corrected chi connectivity index (χ2v) is 5.07. The molecule has 0 heterocycles. The van der Waals surface area contributed by atoms with Gasteiger partial charge in [0.2, 0.25) is 0 Å². The Kier molecular flexibility index (Phi) is 4.24. The predicted octanol–water partition coefficient (Wildman–Crippen LogP) is 1.82. The maximum atomic E-state index is 12.4. The summed E-state index contributed by atoms with van der Waals surface area (Å²) in [6.45, 7) is 2.57. The largest absolute Gasteiger partial charge is 0.384 e. The monoisotopic (exact) mass is 257 g/mol. The molecule has 0 unspecified atom stereocenters. The number of carbonyl (C=O) groups is 1. The van der Waals surface area contributed by atoms with Gasteiger partial charge in [-0.1, -0.05) is 17.9 Å². The van der Waals surface area contributed by atoms with Crippen LogP contribution >= 0.6 is 0 Å². The van der Waals surface area contributed by atoms with Crippen LogP contribution in [0.15, 0.2) is 18.2 Å². The first-order chi connectivity index (χ1) is 9.13. The van der Waals surface area contributed by atoms with Gasteiger partial charge in [0.25, 0.3) is 5.91 Å². The summed E-state index contributed by atoms with van der Waals surface area (Å²) < 4.78 is 0. The second kappa shape index (κ2) is 5.90. The van der Waals surface area contributed by atoms with E-state index in [1.165, 1.54) is 12.8 Å². The van der Waals surface area contributed by atoms with Crippen molar-refractivity contribution in [3.05, 3.63) is 34.9 Å². The summed E-state index contributed by atoms with van der Waals surface area (Å²) >= 11 is 0. The molecule has 0 saturated heterocycles. The molecule has 0 radical (unpaired) electrons. The highest BCUT2D eigenvalue weighted by atomic mass is 16.2. The number of hydrogen-bond donors (Lipinski definition) is 1. The summed E-state index contributed by atoms with van der Waals surface area (Å²) in [5, 5.41) is 8.74. The van der Waals surface area contributed by atoms with E-state index in [0.29, 0.717) is 11.5 Å². The summed E-state index contributed by atoms with van der Waals surface area (Å²) in [6.07, 6.45) is 2.47. The van der Waals surface area contributed by atoms with Crippen LogP contribution in [0.5, 0.6) is 0 Å². The predicted molar refractivity (Wildman–Crippen MR) is 74.8 cm³/mol. The zero-order valence-electron chi connectivity index (χ0n) is 11.4. The van der Waals surface area contributed by atoms with Gasteiger partial charge in [0, 0.05) is 24.7 Å². The lowest BCUT2D eigenvalue weighted by Gasteiger charge is -2.18. The second-order valence-electron chi connectivity index (χ2n) is 5.07. The van der Waals surface area contributed by atoms with Gasteiger partial charge in [0.15, 0.2) is 0 Å². The molecule has 0 aliphatic heterocycles. The van der Waals surface area contributed by atoms with Crippen molar-refractivity contribution in [1.29, 1.82) is 0 Å². The first kappa shape index (κ1) is 13.6. The van der Waals surface area contributed by atoms with Crippen LogP contribution < -0.4 is 0 Å². The minimum Gasteiger partial charge on any atom is -0.384 e. The van der Waals surface area contributed by atoms with Crippen molar-refractivity contribution in [2.45, 2.75) is 19.8 Å². The number of aliphatic hydroxyl groups is 1. The molecule has 2 rings (SSSR count). The van der Waals surface area contributed by atoms with Crippen molar-refractivity contribution in [3.63, 3.8) is 0 Å². The average Bonchev–Trinajstić information content (AvgIpc) is 3.20. The molecule has 1 amide bonds. The molecular weight excluding hydrogens is 238 g/mol. The van der Waals surface area contributed by atoms with Crippen LogP contribution in [0.3, 0.4) is 0 Å². The molecule has 0 bridgehead atoms. The SMILES string of the molecule is Cc1c(C#CCO)cccc1C(=O)N(C)CC1CC1. The quantitative estimate of drug-likeness (QED) is 0.839. The fourth-order valence-electron chi connectivity index (χ4n) is 2.11. The van der Waals surface area contributed by atoms with E-state index in [1.54, 1.807) is 4.90 Å². The van der Waals surface area contributed by atoms with Crippen molar-refractivity contribution in [3.8, 4) is 11.8 Å². The van der Waals surface area contributed by atoms with Gasteiger partial charge in [-0.25, -0.2) is 0 Å². The Morgan fingerprint density at radius 3 is 2.84 bits per heavy atom. The highest BCUT2D eigenvalue weighted by Gasteiger charge is 2.25. The van der Waals surface area contributed by atoms with Crippen molar-refractivity contribution in [2.75, 3.05) is 20.2 Å². The molecule has 1 aliphatic carbocycles. The van der Waals surface area contributed by atoms with Gasteiger partial charge in [-0.2, -0.15) is 0 Å². The normalized spacial score (nSPS) is 13.6. The Morgan fingerprint density at radius 1 is 1.47 bits per heavy atom. The molecule has 1 aromatic rings. The number of rotatable bonds is 3. The van der Waals surface area contributed by atoms with E-state index in [4.69, 9.17) is 5.11 Å². The van der Waals surface area contributed by atoms with Gasteiger partial charge in [-0.3, -0.25) is 4.79 Å². The molecule has 19 heavy (non-hydrogen) atoms. The maximum Gasteiger partial charge on any atom is 0.253 e. The average molecular weight is 257 g/mol. The maximum absolute atomic E-state index is 12.4. The summed E-state index contributed by atoms with van der Waals surface area (Å²) in [7, 11) is 1.85. The molecular formula is C16H19NO2. The van der Waals surface area contributed by atoms with Gasteiger partial charge in [0.1, 0.15) is 6.61 Å². The molecule has 1 fully saturated rings. The van der Waals surface area contributed by atoms with E-state index < -0.39 is 0 Å². The van der Waals surface area contributed by atoms with Gasteiger partial charge in [0.05, 0.1) is 0 Å². The Bertz CT molecular complexity index is 535. The fraction of sp³-hybridized carbons (Fsp3) is 0.438. The lowest BCUT2D eigenvalue weighted by atomic mass is 10.0. The third kappa shape index (κ3) is 3.36. The topological polar surface area (TPSA) is 40.5 Å². The van der Waals surface area contributed by atoms with Gasteiger partial charge < -0.3 is 10.0 Å². The number of hydrogen-bond acceptors (Lipinski definition) is 2. The van der Waals surface area contributed by atoms with Gasteiger partial charge in [-0.15, -0.1) is 0 Å². The summed E-state index contributed by atoms with van der Waals surface area (Å²) in [5.41, 5.74) is 2.39. The third-order valence-corrected chi connectivity index (χ3v) is 3.44. The van der Waals surface area contributed by atoms with Crippen LogP contribution in [0.25, 0.3) is 0 Å². The molecule has 100 valence electrons. The molecule has 1 aliphatic rings. The molecule has 1 N–H and O–H groups in total. The number of aliphatic hydroxyl groups excluding tert-OH is 1. The molecule has 0 spiro atoms.